The topological polar surface area (TPSA) is 83.5 Å². The first-order valence-electron chi connectivity index (χ1n) is 4.35. The molecule has 0 fully saturated rings. The normalized spacial score (nSPS) is 14.3. The van der Waals surface area contributed by atoms with Crippen LogP contribution in [0.15, 0.2) is 34.7 Å². The molecule has 0 aromatic heterocycles. The first-order valence-corrected chi connectivity index (χ1v) is 4.35. The molecule has 7 nitrogen and oxygen atoms in total. The van der Waals surface area contributed by atoms with Gasteiger partial charge in [-0.3, -0.25) is 0 Å². The van der Waals surface area contributed by atoms with Crippen molar-refractivity contribution >= 4 is 11.8 Å². The summed E-state index contributed by atoms with van der Waals surface area (Å²) < 4.78 is 13.3. The number of halogens is 1. The van der Waals surface area contributed by atoms with Crippen LogP contribution in [0.3, 0.4) is 0 Å². The van der Waals surface area contributed by atoms with E-state index in [4.69, 9.17) is 5.73 Å². The molecule has 2 rings (SSSR count). The number of benzene rings is 1. The van der Waals surface area contributed by atoms with Crippen molar-refractivity contribution in [3.05, 3.63) is 30.1 Å². The van der Waals surface area contributed by atoms with Crippen LogP contribution in [0.25, 0.3) is 0 Å². The van der Waals surface area contributed by atoms with E-state index in [1.807, 2.05) is 0 Å². The van der Waals surface area contributed by atoms with E-state index in [0.29, 0.717) is 0 Å². The molecule has 2 N–H and O–H groups in total. The quantitative estimate of drug-likeness (QED) is 0.819. The summed E-state index contributed by atoms with van der Waals surface area (Å²) in [7, 11) is 0. The molecule has 1 aromatic carbocycles. The van der Waals surface area contributed by atoms with Crippen LogP contribution < -0.4 is 10.7 Å². The highest BCUT2D eigenvalue weighted by molar-refractivity contribution is 5.64. The van der Waals surface area contributed by atoms with E-state index < -0.39 is 11.9 Å². The Hall–Kier alpha value is -2.38. The van der Waals surface area contributed by atoms with Crippen LogP contribution in [0.1, 0.15) is 0 Å². The Morgan fingerprint density at radius 2 is 2.19 bits per heavy atom. The molecule has 1 amide bonds. The predicted molar refractivity (Wildman–Crippen MR) is 51.1 cm³/mol. The summed E-state index contributed by atoms with van der Waals surface area (Å²) in [5, 5.41) is 9.17. The van der Waals surface area contributed by atoms with Crippen LogP contribution in [0.2, 0.25) is 0 Å². The van der Waals surface area contributed by atoms with E-state index in [-0.39, 0.29) is 12.4 Å². The van der Waals surface area contributed by atoms with Crippen LogP contribution in [-0.2, 0) is 4.84 Å². The van der Waals surface area contributed by atoms with Gasteiger partial charge < -0.3 is 10.6 Å². The molecule has 0 saturated heterocycles. The molecular formula is C8H8FN5O2. The summed E-state index contributed by atoms with van der Waals surface area (Å²) in [6.45, 7) is -0.0100. The highest BCUT2D eigenvalue weighted by atomic mass is 19.1. The molecule has 8 heteroatoms. The van der Waals surface area contributed by atoms with Gasteiger partial charge in [-0.1, -0.05) is 17.3 Å². The Bertz CT molecular complexity index is 438. The van der Waals surface area contributed by atoms with Crippen molar-refractivity contribution < 1.29 is 14.0 Å². The highest BCUT2D eigenvalue weighted by Gasteiger charge is 2.21. The second kappa shape index (κ2) is 4.01. The predicted octanol–water partition coefficient (Wildman–Crippen LogP) is 1.20. The minimum absolute atomic E-state index is 0.0100. The van der Waals surface area contributed by atoms with E-state index in [2.05, 4.69) is 15.3 Å². The van der Waals surface area contributed by atoms with Gasteiger partial charge in [0.1, 0.15) is 5.82 Å². The summed E-state index contributed by atoms with van der Waals surface area (Å²) in [6.07, 6.45) is -1.01. The third kappa shape index (κ3) is 2.00. The number of carbonyl (C=O) groups is 1. The molecular weight excluding hydrogens is 217 g/mol. The van der Waals surface area contributed by atoms with Gasteiger partial charge in [0.25, 0.3) is 0 Å². The van der Waals surface area contributed by atoms with E-state index in [0.717, 1.165) is 5.17 Å². The lowest BCUT2D eigenvalue weighted by molar-refractivity contribution is -0.0870. The number of primary amides is 1. The largest absolute Gasteiger partial charge is 0.430 e. The Kier molecular flexibility index (Phi) is 2.54. The molecule has 0 atom stereocenters. The highest BCUT2D eigenvalue weighted by Crippen LogP contribution is 2.22. The first kappa shape index (κ1) is 10.1. The van der Waals surface area contributed by atoms with Gasteiger partial charge in [0.15, 0.2) is 6.67 Å². The van der Waals surface area contributed by atoms with Crippen molar-refractivity contribution in [1.82, 2.24) is 5.17 Å². The summed E-state index contributed by atoms with van der Waals surface area (Å²) in [4.78, 5) is 14.9. The van der Waals surface area contributed by atoms with Crippen molar-refractivity contribution in [2.45, 2.75) is 0 Å². The van der Waals surface area contributed by atoms with Crippen LogP contribution >= 0.6 is 0 Å². The third-order valence-corrected chi connectivity index (χ3v) is 1.83. The van der Waals surface area contributed by atoms with Crippen molar-refractivity contribution in [3.63, 3.8) is 0 Å². The van der Waals surface area contributed by atoms with Gasteiger partial charge >= 0.3 is 6.09 Å². The Morgan fingerprint density at radius 3 is 2.88 bits per heavy atom. The lowest BCUT2D eigenvalue weighted by Crippen LogP contribution is -2.30. The van der Waals surface area contributed by atoms with Crippen molar-refractivity contribution in [2.75, 3.05) is 11.7 Å². The monoisotopic (exact) mass is 225 g/mol. The molecule has 0 unspecified atom stereocenters. The van der Waals surface area contributed by atoms with Crippen LogP contribution in [-0.4, -0.2) is 17.9 Å². The maximum absolute atomic E-state index is 13.3. The van der Waals surface area contributed by atoms with Crippen molar-refractivity contribution in [2.24, 2.45) is 16.2 Å². The molecule has 0 aliphatic carbocycles. The van der Waals surface area contributed by atoms with E-state index >= 15 is 0 Å². The number of hydrogen-bond acceptors (Lipinski definition) is 6. The molecule has 16 heavy (non-hydrogen) atoms. The number of rotatable bonds is 2. The molecule has 0 radical (unpaired) electrons. The molecule has 1 aliphatic rings. The first-order chi connectivity index (χ1) is 7.66. The van der Waals surface area contributed by atoms with Crippen molar-refractivity contribution in [3.8, 4) is 0 Å². The Morgan fingerprint density at radius 1 is 1.44 bits per heavy atom. The summed E-state index contributed by atoms with van der Waals surface area (Å²) in [6, 6.07) is 6.04. The smallest absolute Gasteiger partial charge is 0.333 e. The maximum atomic E-state index is 13.3. The van der Waals surface area contributed by atoms with Gasteiger partial charge in [0.2, 0.25) is 0 Å². The number of nitrogens with zero attached hydrogens (tertiary/aromatic N) is 4. The van der Waals surface area contributed by atoms with Gasteiger partial charge in [-0.25, -0.2) is 14.2 Å². The number of hydroxylamine groups is 1. The van der Waals surface area contributed by atoms with Gasteiger partial charge in [-0.15, -0.1) is 0 Å². The van der Waals surface area contributed by atoms with Crippen LogP contribution in [0.5, 0.6) is 0 Å². The summed E-state index contributed by atoms with van der Waals surface area (Å²) in [5.74, 6) is -0.442. The standard InChI is InChI=1S/C8H8FN5O2/c9-6-3-1-2-4-7(6)13-5-14(12-11-13)16-8(10)15/h1-4H,5H2,(H2,10,15). The zero-order chi connectivity index (χ0) is 11.5. The summed E-state index contributed by atoms with van der Waals surface area (Å²) >= 11 is 0. The molecule has 1 aliphatic heterocycles. The van der Waals surface area contributed by atoms with Crippen molar-refractivity contribution in [1.29, 1.82) is 0 Å². The Labute approximate surface area is 89.8 Å². The fourth-order valence-electron chi connectivity index (χ4n) is 1.20. The average Bonchev–Trinajstić information content (AvgIpc) is 2.66. The van der Waals surface area contributed by atoms with E-state index in [9.17, 15) is 9.18 Å². The second-order valence-electron chi connectivity index (χ2n) is 2.93. The lowest BCUT2D eigenvalue weighted by Gasteiger charge is -2.14. The zero-order valence-electron chi connectivity index (χ0n) is 8.08. The van der Waals surface area contributed by atoms with Gasteiger partial charge in [-0.05, 0) is 22.6 Å². The molecule has 84 valence electrons. The minimum Gasteiger partial charge on any atom is -0.333 e. The Balaban J connectivity index is 2.08. The number of hydrogen-bond donors (Lipinski definition) is 1. The third-order valence-electron chi connectivity index (χ3n) is 1.83. The average molecular weight is 225 g/mol. The number of nitrogens with two attached hydrogens (primary N) is 1. The number of carbonyl (C=O) groups excluding carboxylic acids is 1. The SMILES string of the molecule is NC(=O)ON1CN(c2ccccc2F)N=N1. The van der Waals surface area contributed by atoms with Gasteiger partial charge in [-0.2, -0.15) is 0 Å². The summed E-state index contributed by atoms with van der Waals surface area (Å²) in [5.41, 5.74) is 5.03. The van der Waals surface area contributed by atoms with E-state index in [1.165, 1.54) is 17.1 Å². The number of para-hydroxylation sites is 1. The van der Waals surface area contributed by atoms with E-state index in [1.54, 1.807) is 12.1 Å². The number of amides is 1. The molecule has 0 spiro atoms. The maximum Gasteiger partial charge on any atom is 0.430 e. The number of anilines is 1. The zero-order valence-corrected chi connectivity index (χ0v) is 8.08. The minimum atomic E-state index is -1.01. The fourth-order valence-corrected chi connectivity index (χ4v) is 1.20. The molecule has 0 saturated carbocycles. The van der Waals surface area contributed by atoms with Gasteiger partial charge in [0, 0.05) is 0 Å². The van der Waals surface area contributed by atoms with Crippen LogP contribution in [0, 0.1) is 5.82 Å². The molecule has 0 bridgehead atoms. The van der Waals surface area contributed by atoms with Crippen LogP contribution in [0.4, 0.5) is 14.9 Å². The fraction of sp³-hybridized carbons (Fsp3) is 0.125. The lowest BCUT2D eigenvalue weighted by atomic mass is 10.3. The van der Waals surface area contributed by atoms with Gasteiger partial charge in [0.05, 0.1) is 5.69 Å². The second-order valence-corrected chi connectivity index (χ2v) is 2.93. The molecule has 1 heterocycles. The molecule has 1 aromatic rings.